The number of ether oxygens (including phenoxy) is 3. The summed E-state index contributed by atoms with van der Waals surface area (Å²) in [6.07, 6.45) is 4.22. The van der Waals surface area contributed by atoms with Gasteiger partial charge in [-0.25, -0.2) is 0 Å². The van der Waals surface area contributed by atoms with Crippen molar-refractivity contribution in [1.82, 2.24) is 5.43 Å². The molecule has 0 amide bonds. The van der Waals surface area contributed by atoms with E-state index in [4.69, 9.17) is 32.2 Å². The van der Waals surface area contributed by atoms with Crippen molar-refractivity contribution in [2.45, 2.75) is 6.42 Å². The molecule has 3 N–H and O–H groups in total. The average Bonchev–Trinajstić information content (AvgIpc) is 2.67. The first-order valence-corrected chi connectivity index (χ1v) is 9.94. The molecule has 0 aromatic heterocycles. The molecular formula is C20H22IN3O3S. The SMILES string of the molecule is C=CCc1ccccc1OCCOc1c(I)cc(C=NNC(N)=S)cc1OC. The number of nitrogens with two attached hydrogens (primary N) is 1. The van der Waals surface area contributed by atoms with E-state index in [0.29, 0.717) is 24.7 Å². The van der Waals surface area contributed by atoms with Gasteiger partial charge in [-0.1, -0.05) is 24.3 Å². The molecule has 8 heteroatoms. The summed E-state index contributed by atoms with van der Waals surface area (Å²) in [7, 11) is 1.59. The Kier molecular flexibility index (Phi) is 9.02. The standard InChI is InChI=1S/C20H22IN3O3S/c1-3-6-15-7-4-5-8-17(15)26-9-10-27-19-16(21)11-14(12-18(19)25-2)13-23-24-20(22)28/h3-5,7-8,11-13H,1,6,9-10H2,2H3,(H3,22,24,28). The van der Waals surface area contributed by atoms with Gasteiger partial charge >= 0.3 is 0 Å². The van der Waals surface area contributed by atoms with Gasteiger partial charge in [-0.3, -0.25) is 5.43 Å². The maximum atomic E-state index is 5.90. The maximum Gasteiger partial charge on any atom is 0.184 e. The van der Waals surface area contributed by atoms with E-state index in [2.05, 4.69) is 39.7 Å². The van der Waals surface area contributed by atoms with E-state index in [1.165, 1.54) is 0 Å². The van der Waals surface area contributed by atoms with Gasteiger partial charge in [0.1, 0.15) is 19.0 Å². The van der Waals surface area contributed by atoms with Gasteiger partial charge in [-0.2, -0.15) is 5.10 Å². The van der Waals surface area contributed by atoms with Crippen LogP contribution in [0.1, 0.15) is 11.1 Å². The average molecular weight is 511 g/mol. The van der Waals surface area contributed by atoms with Crippen molar-refractivity contribution in [3.63, 3.8) is 0 Å². The summed E-state index contributed by atoms with van der Waals surface area (Å²) < 4.78 is 18.1. The fraction of sp³-hybridized carbons (Fsp3) is 0.200. The van der Waals surface area contributed by atoms with Crippen molar-refractivity contribution in [2.24, 2.45) is 10.8 Å². The number of hydrazone groups is 1. The first kappa shape index (κ1) is 22.0. The van der Waals surface area contributed by atoms with Gasteiger partial charge in [0.05, 0.1) is 16.9 Å². The van der Waals surface area contributed by atoms with Gasteiger partial charge in [0.15, 0.2) is 16.6 Å². The number of allylic oxidation sites excluding steroid dienone is 1. The van der Waals surface area contributed by atoms with Gasteiger partial charge in [-0.15, -0.1) is 6.58 Å². The van der Waals surface area contributed by atoms with Crippen LogP contribution in [0.3, 0.4) is 0 Å². The van der Waals surface area contributed by atoms with Crippen LogP contribution in [0.15, 0.2) is 54.2 Å². The molecule has 0 saturated carbocycles. The van der Waals surface area contributed by atoms with E-state index in [1.54, 1.807) is 13.3 Å². The minimum atomic E-state index is 0.104. The monoisotopic (exact) mass is 511 g/mol. The molecule has 2 rings (SSSR count). The number of nitrogens with one attached hydrogen (secondary N) is 1. The largest absolute Gasteiger partial charge is 0.493 e. The Balaban J connectivity index is 1.99. The molecule has 0 heterocycles. The van der Waals surface area contributed by atoms with Crippen LogP contribution in [0, 0.1) is 3.57 Å². The van der Waals surface area contributed by atoms with Crippen molar-refractivity contribution in [2.75, 3.05) is 20.3 Å². The zero-order valence-electron chi connectivity index (χ0n) is 15.5. The molecule has 2 aromatic carbocycles. The van der Waals surface area contributed by atoms with Crippen molar-refractivity contribution < 1.29 is 14.2 Å². The number of rotatable bonds is 10. The summed E-state index contributed by atoms with van der Waals surface area (Å²) in [6.45, 7) is 4.57. The predicted molar refractivity (Wildman–Crippen MR) is 125 cm³/mol. The van der Waals surface area contributed by atoms with Crippen LogP contribution in [0.5, 0.6) is 17.2 Å². The van der Waals surface area contributed by atoms with Crippen molar-refractivity contribution >= 4 is 46.1 Å². The first-order chi connectivity index (χ1) is 13.5. The Labute approximate surface area is 183 Å². The highest BCUT2D eigenvalue weighted by Gasteiger charge is 2.11. The molecule has 0 aliphatic rings. The highest BCUT2D eigenvalue weighted by Crippen LogP contribution is 2.33. The van der Waals surface area contributed by atoms with Crippen LogP contribution in [-0.4, -0.2) is 31.7 Å². The zero-order chi connectivity index (χ0) is 20.4. The lowest BCUT2D eigenvalue weighted by Gasteiger charge is -2.15. The van der Waals surface area contributed by atoms with E-state index >= 15 is 0 Å². The molecule has 0 atom stereocenters. The predicted octanol–water partition coefficient (Wildman–Crippen LogP) is 3.65. The Hall–Kier alpha value is -2.33. The van der Waals surface area contributed by atoms with E-state index in [-0.39, 0.29) is 5.11 Å². The van der Waals surface area contributed by atoms with Crippen LogP contribution < -0.4 is 25.4 Å². The number of methoxy groups -OCH3 is 1. The number of hydrogen-bond acceptors (Lipinski definition) is 5. The second kappa shape index (κ2) is 11.5. The summed E-state index contributed by atoms with van der Waals surface area (Å²) in [4.78, 5) is 0. The first-order valence-electron chi connectivity index (χ1n) is 8.45. The fourth-order valence-corrected chi connectivity index (χ4v) is 3.22. The van der Waals surface area contributed by atoms with Gasteiger partial charge in [0.25, 0.3) is 0 Å². The molecular weight excluding hydrogens is 489 g/mol. The number of hydrogen-bond donors (Lipinski definition) is 2. The molecule has 0 spiro atoms. The Morgan fingerprint density at radius 3 is 2.71 bits per heavy atom. The minimum absolute atomic E-state index is 0.104. The fourth-order valence-electron chi connectivity index (χ4n) is 2.39. The Morgan fingerprint density at radius 2 is 2.00 bits per heavy atom. The smallest absolute Gasteiger partial charge is 0.184 e. The van der Waals surface area contributed by atoms with E-state index in [9.17, 15) is 0 Å². The third-order valence-electron chi connectivity index (χ3n) is 3.56. The summed E-state index contributed by atoms with van der Waals surface area (Å²) in [5, 5.41) is 4.06. The van der Waals surface area contributed by atoms with Gasteiger partial charge < -0.3 is 19.9 Å². The lowest BCUT2D eigenvalue weighted by Crippen LogP contribution is -2.24. The van der Waals surface area contributed by atoms with Crippen molar-refractivity contribution in [3.05, 3.63) is 63.8 Å². The number of thiocarbonyl (C=S) groups is 1. The minimum Gasteiger partial charge on any atom is -0.493 e. The van der Waals surface area contributed by atoms with Crippen LogP contribution in [0.4, 0.5) is 0 Å². The number of nitrogens with zero attached hydrogens (tertiary/aromatic N) is 1. The maximum absolute atomic E-state index is 5.90. The van der Waals surface area contributed by atoms with Gasteiger partial charge in [0.2, 0.25) is 0 Å². The van der Waals surface area contributed by atoms with Crippen molar-refractivity contribution in [1.29, 1.82) is 0 Å². The molecule has 0 fully saturated rings. The third kappa shape index (κ3) is 6.68. The molecule has 28 heavy (non-hydrogen) atoms. The van der Waals surface area contributed by atoms with Crippen LogP contribution in [0.25, 0.3) is 0 Å². The summed E-state index contributed by atoms with van der Waals surface area (Å²) >= 11 is 6.90. The molecule has 0 radical (unpaired) electrons. The number of halogens is 1. The normalized spacial score (nSPS) is 10.5. The quantitative estimate of drug-likeness (QED) is 0.127. The molecule has 0 bridgehead atoms. The van der Waals surface area contributed by atoms with Crippen LogP contribution >= 0.6 is 34.8 Å². The third-order valence-corrected chi connectivity index (χ3v) is 4.46. The molecule has 2 aromatic rings. The number of benzene rings is 2. The molecule has 0 aliphatic heterocycles. The lowest BCUT2D eigenvalue weighted by molar-refractivity contribution is 0.209. The molecule has 148 valence electrons. The summed E-state index contributed by atoms with van der Waals surface area (Å²) in [5.74, 6) is 2.10. The molecule has 0 unspecified atom stereocenters. The zero-order valence-corrected chi connectivity index (χ0v) is 18.5. The Bertz CT molecular complexity index is 859. The lowest BCUT2D eigenvalue weighted by atomic mass is 10.1. The van der Waals surface area contributed by atoms with Gasteiger partial charge in [0, 0.05) is 0 Å². The highest BCUT2D eigenvalue weighted by molar-refractivity contribution is 14.1. The topological polar surface area (TPSA) is 78.1 Å². The Morgan fingerprint density at radius 1 is 1.25 bits per heavy atom. The van der Waals surface area contributed by atoms with Gasteiger partial charge in [-0.05, 0) is 70.6 Å². The molecule has 0 saturated heterocycles. The summed E-state index contributed by atoms with van der Waals surface area (Å²) in [6, 6.07) is 11.6. The van der Waals surface area contributed by atoms with E-state index < -0.39 is 0 Å². The molecule has 6 nitrogen and oxygen atoms in total. The van der Waals surface area contributed by atoms with E-state index in [1.807, 2.05) is 42.5 Å². The second-order valence-corrected chi connectivity index (χ2v) is 7.17. The second-order valence-electron chi connectivity index (χ2n) is 5.57. The van der Waals surface area contributed by atoms with E-state index in [0.717, 1.165) is 26.9 Å². The van der Waals surface area contributed by atoms with Crippen LogP contribution in [0.2, 0.25) is 0 Å². The summed E-state index contributed by atoms with van der Waals surface area (Å²) in [5.41, 5.74) is 9.79. The number of para-hydroxylation sites is 1. The highest BCUT2D eigenvalue weighted by atomic mass is 127. The van der Waals surface area contributed by atoms with Crippen LogP contribution in [-0.2, 0) is 6.42 Å². The molecule has 0 aliphatic carbocycles. The van der Waals surface area contributed by atoms with Crippen molar-refractivity contribution in [3.8, 4) is 17.2 Å².